The number of amides is 1. The van der Waals surface area contributed by atoms with Crippen molar-refractivity contribution < 1.29 is 9.53 Å². The van der Waals surface area contributed by atoms with Gasteiger partial charge in [0, 0.05) is 6.54 Å². The number of para-hydroxylation sites is 2. The molecular formula is C23H29N3O2. The van der Waals surface area contributed by atoms with Gasteiger partial charge < -0.3 is 14.6 Å². The van der Waals surface area contributed by atoms with E-state index in [0.29, 0.717) is 12.5 Å². The van der Waals surface area contributed by atoms with Gasteiger partial charge in [-0.25, -0.2) is 4.98 Å². The molecule has 148 valence electrons. The molecule has 5 heteroatoms. The van der Waals surface area contributed by atoms with E-state index in [1.54, 1.807) is 0 Å². The lowest BCUT2D eigenvalue weighted by Gasteiger charge is -2.14. The first kappa shape index (κ1) is 19.9. The second-order valence-corrected chi connectivity index (χ2v) is 7.48. The van der Waals surface area contributed by atoms with Crippen LogP contribution in [0.15, 0.2) is 42.5 Å². The molecule has 0 fully saturated rings. The van der Waals surface area contributed by atoms with Crippen molar-refractivity contribution in [3.63, 3.8) is 0 Å². The number of fused-ring (bicyclic) bond motifs is 1. The topological polar surface area (TPSA) is 56.2 Å². The molecule has 1 atom stereocenters. The summed E-state index contributed by atoms with van der Waals surface area (Å²) in [5.74, 6) is 2.02. The number of aromatic nitrogens is 2. The number of aryl methyl sites for hydroxylation is 2. The Morgan fingerprint density at radius 2 is 2.00 bits per heavy atom. The number of carbonyl (C=O) groups excluding carboxylic acids is 1. The molecule has 1 N–H and O–H groups in total. The summed E-state index contributed by atoms with van der Waals surface area (Å²) in [6.07, 6.45) is 1.10. The van der Waals surface area contributed by atoms with Crippen LogP contribution in [0.1, 0.15) is 37.2 Å². The number of carbonyl (C=O) groups is 1. The van der Waals surface area contributed by atoms with E-state index >= 15 is 0 Å². The summed E-state index contributed by atoms with van der Waals surface area (Å²) < 4.78 is 7.92. The van der Waals surface area contributed by atoms with Crippen molar-refractivity contribution >= 4 is 16.9 Å². The maximum atomic E-state index is 12.3. The average Bonchev–Trinajstić information content (AvgIpc) is 3.04. The Morgan fingerprint density at radius 3 is 2.79 bits per heavy atom. The van der Waals surface area contributed by atoms with Crippen molar-refractivity contribution in [3.05, 3.63) is 59.4 Å². The summed E-state index contributed by atoms with van der Waals surface area (Å²) in [6, 6.07) is 14.1. The van der Waals surface area contributed by atoms with Gasteiger partial charge in [-0.05, 0) is 49.1 Å². The van der Waals surface area contributed by atoms with Crippen LogP contribution in [0.4, 0.5) is 0 Å². The number of nitrogens with zero attached hydrogens (tertiary/aromatic N) is 2. The van der Waals surface area contributed by atoms with Gasteiger partial charge in [-0.2, -0.15) is 0 Å². The molecule has 0 bridgehead atoms. The highest BCUT2D eigenvalue weighted by Crippen LogP contribution is 2.20. The zero-order chi connectivity index (χ0) is 20.1. The molecule has 1 unspecified atom stereocenters. The maximum absolute atomic E-state index is 12.3. The molecule has 3 aromatic rings. The van der Waals surface area contributed by atoms with E-state index in [1.807, 2.05) is 50.2 Å². The normalized spacial score (nSPS) is 12.1. The molecule has 0 radical (unpaired) electrons. The fourth-order valence-electron chi connectivity index (χ4n) is 3.14. The highest BCUT2D eigenvalue weighted by atomic mass is 16.5. The highest BCUT2D eigenvalue weighted by Gasteiger charge is 2.14. The van der Waals surface area contributed by atoms with Crippen molar-refractivity contribution in [3.8, 4) is 5.75 Å². The molecule has 1 amide bonds. The van der Waals surface area contributed by atoms with Gasteiger partial charge in [0.1, 0.15) is 11.6 Å². The van der Waals surface area contributed by atoms with Gasteiger partial charge in [0.2, 0.25) is 0 Å². The fourth-order valence-corrected chi connectivity index (χ4v) is 3.14. The zero-order valence-corrected chi connectivity index (χ0v) is 17.2. The summed E-state index contributed by atoms with van der Waals surface area (Å²) >= 11 is 0. The van der Waals surface area contributed by atoms with Gasteiger partial charge in [0.05, 0.1) is 17.6 Å². The van der Waals surface area contributed by atoms with Crippen molar-refractivity contribution in [2.75, 3.05) is 6.61 Å². The lowest BCUT2D eigenvalue weighted by atomic mass is 10.1. The summed E-state index contributed by atoms with van der Waals surface area (Å²) in [5, 5.41) is 2.95. The Kier molecular flexibility index (Phi) is 6.34. The average molecular weight is 380 g/mol. The van der Waals surface area contributed by atoms with Crippen LogP contribution in [-0.2, 0) is 17.9 Å². The van der Waals surface area contributed by atoms with Crippen molar-refractivity contribution in [1.29, 1.82) is 0 Å². The maximum Gasteiger partial charge on any atom is 0.258 e. The van der Waals surface area contributed by atoms with E-state index in [0.717, 1.165) is 46.7 Å². The van der Waals surface area contributed by atoms with Crippen LogP contribution in [-0.4, -0.2) is 22.1 Å². The third-order valence-corrected chi connectivity index (χ3v) is 5.07. The largest absolute Gasteiger partial charge is 0.483 e. The number of rotatable bonds is 8. The molecule has 0 spiro atoms. The van der Waals surface area contributed by atoms with E-state index in [4.69, 9.17) is 9.72 Å². The first-order valence-electron chi connectivity index (χ1n) is 9.88. The Morgan fingerprint density at radius 1 is 1.21 bits per heavy atom. The van der Waals surface area contributed by atoms with E-state index in [1.165, 1.54) is 0 Å². The Labute approximate surface area is 166 Å². The summed E-state index contributed by atoms with van der Waals surface area (Å²) in [7, 11) is 0. The second kappa shape index (κ2) is 8.91. The third kappa shape index (κ3) is 4.71. The van der Waals surface area contributed by atoms with Gasteiger partial charge in [-0.1, -0.05) is 44.5 Å². The van der Waals surface area contributed by atoms with Crippen LogP contribution in [0.25, 0.3) is 11.0 Å². The molecule has 0 aliphatic carbocycles. The van der Waals surface area contributed by atoms with E-state index in [2.05, 4.69) is 29.8 Å². The van der Waals surface area contributed by atoms with Crippen LogP contribution in [0.3, 0.4) is 0 Å². The first-order valence-corrected chi connectivity index (χ1v) is 9.88. The molecule has 2 aromatic carbocycles. The third-order valence-electron chi connectivity index (χ3n) is 5.07. The molecule has 3 rings (SSSR count). The summed E-state index contributed by atoms with van der Waals surface area (Å²) in [5.41, 5.74) is 4.20. The molecule has 28 heavy (non-hydrogen) atoms. The minimum Gasteiger partial charge on any atom is -0.483 e. The van der Waals surface area contributed by atoms with Crippen molar-refractivity contribution in [2.24, 2.45) is 5.92 Å². The minimum absolute atomic E-state index is 0.00408. The lowest BCUT2D eigenvalue weighted by molar-refractivity contribution is -0.123. The van der Waals surface area contributed by atoms with Crippen LogP contribution in [0, 0.1) is 19.8 Å². The SMILES string of the molecule is CCC(C)Cn1c(CNC(=O)COc2cc(C)ccc2C)nc2ccccc21. The summed E-state index contributed by atoms with van der Waals surface area (Å²) in [6.45, 7) is 9.68. The van der Waals surface area contributed by atoms with Gasteiger partial charge in [0.15, 0.2) is 6.61 Å². The monoisotopic (exact) mass is 379 g/mol. The standard InChI is InChI=1S/C23H29N3O2/c1-5-16(2)14-26-20-9-7-6-8-19(20)25-22(26)13-24-23(27)15-28-21-12-17(3)10-11-18(21)4/h6-12,16H,5,13-15H2,1-4H3,(H,24,27). The number of hydrogen-bond donors (Lipinski definition) is 1. The molecule has 0 aliphatic rings. The number of nitrogens with one attached hydrogen (secondary N) is 1. The van der Waals surface area contributed by atoms with Gasteiger partial charge in [-0.3, -0.25) is 4.79 Å². The van der Waals surface area contributed by atoms with E-state index in [9.17, 15) is 4.79 Å². The first-order chi connectivity index (χ1) is 13.5. The number of ether oxygens (including phenoxy) is 1. The smallest absolute Gasteiger partial charge is 0.258 e. The predicted octanol–water partition coefficient (Wildman–Crippen LogP) is 4.39. The molecule has 1 heterocycles. The number of benzene rings is 2. The molecule has 5 nitrogen and oxygen atoms in total. The predicted molar refractivity (Wildman–Crippen MR) is 112 cm³/mol. The van der Waals surface area contributed by atoms with Gasteiger partial charge in [-0.15, -0.1) is 0 Å². The molecule has 0 saturated carbocycles. The van der Waals surface area contributed by atoms with Crippen molar-refractivity contribution in [2.45, 2.75) is 47.2 Å². The van der Waals surface area contributed by atoms with Gasteiger partial charge in [0.25, 0.3) is 5.91 Å². The molecule has 0 aliphatic heterocycles. The fraction of sp³-hybridized carbons (Fsp3) is 0.391. The zero-order valence-electron chi connectivity index (χ0n) is 17.2. The Balaban J connectivity index is 1.66. The van der Waals surface area contributed by atoms with Crippen LogP contribution in [0.5, 0.6) is 5.75 Å². The summed E-state index contributed by atoms with van der Waals surface area (Å²) in [4.78, 5) is 17.0. The Hall–Kier alpha value is -2.82. The molecule has 0 saturated heterocycles. The molecular weight excluding hydrogens is 350 g/mol. The second-order valence-electron chi connectivity index (χ2n) is 7.48. The van der Waals surface area contributed by atoms with Crippen molar-refractivity contribution in [1.82, 2.24) is 14.9 Å². The highest BCUT2D eigenvalue weighted by molar-refractivity contribution is 5.78. The number of hydrogen-bond acceptors (Lipinski definition) is 3. The lowest BCUT2D eigenvalue weighted by Crippen LogP contribution is -2.30. The van der Waals surface area contributed by atoms with Crippen LogP contribution < -0.4 is 10.1 Å². The van der Waals surface area contributed by atoms with E-state index < -0.39 is 0 Å². The van der Waals surface area contributed by atoms with Gasteiger partial charge >= 0.3 is 0 Å². The Bertz CT molecular complexity index is 962. The van der Waals surface area contributed by atoms with Crippen LogP contribution in [0.2, 0.25) is 0 Å². The number of imidazole rings is 1. The quantitative estimate of drug-likeness (QED) is 0.631. The minimum atomic E-state index is -0.150. The van der Waals surface area contributed by atoms with E-state index in [-0.39, 0.29) is 12.5 Å². The molecule has 1 aromatic heterocycles. The van der Waals surface area contributed by atoms with Crippen LogP contribution >= 0.6 is 0 Å².